The van der Waals surface area contributed by atoms with Crippen LogP contribution in [0, 0.1) is 6.92 Å². The van der Waals surface area contributed by atoms with E-state index >= 15 is 0 Å². The van der Waals surface area contributed by atoms with Crippen molar-refractivity contribution < 1.29 is 38.9 Å². The van der Waals surface area contributed by atoms with Gasteiger partial charge in [0.25, 0.3) is 0 Å². The summed E-state index contributed by atoms with van der Waals surface area (Å²) in [7, 11) is 0. The third kappa shape index (κ3) is 11.2. The molecule has 1 aliphatic rings. The summed E-state index contributed by atoms with van der Waals surface area (Å²) >= 11 is 0. The first kappa shape index (κ1) is 38.7. The van der Waals surface area contributed by atoms with Gasteiger partial charge in [-0.1, -0.05) is 48.5 Å². The maximum Gasteiger partial charge on any atom is 0.408 e. The van der Waals surface area contributed by atoms with E-state index in [1.54, 1.807) is 72.7 Å². The van der Waals surface area contributed by atoms with E-state index in [0.717, 1.165) is 12.0 Å². The molecule has 0 aromatic heterocycles. The Morgan fingerprint density at radius 1 is 0.784 bits per heavy atom. The molecule has 1 saturated carbocycles. The van der Waals surface area contributed by atoms with E-state index in [1.165, 1.54) is 23.1 Å². The minimum Gasteiger partial charge on any atom is -0.508 e. The van der Waals surface area contributed by atoms with Crippen LogP contribution in [0.5, 0.6) is 11.5 Å². The zero-order chi connectivity index (χ0) is 37.5. The van der Waals surface area contributed by atoms with Crippen molar-refractivity contribution in [2.24, 2.45) is 0 Å². The summed E-state index contributed by atoms with van der Waals surface area (Å²) in [6.07, 6.45) is 1.44. The summed E-state index contributed by atoms with van der Waals surface area (Å²) in [5.74, 6) is -1.70. The molecule has 3 amide bonds. The van der Waals surface area contributed by atoms with Gasteiger partial charge < -0.3 is 35.2 Å². The molecule has 274 valence electrons. The van der Waals surface area contributed by atoms with Crippen molar-refractivity contribution >= 4 is 23.9 Å². The average molecular weight is 702 g/mol. The molecule has 11 nitrogen and oxygen atoms in total. The molecule has 0 aliphatic heterocycles. The fourth-order valence-corrected chi connectivity index (χ4v) is 5.83. The van der Waals surface area contributed by atoms with Gasteiger partial charge in [0.05, 0.1) is 0 Å². The normalized spacial score (nSPS) is 15.0. The monoisotopic (exact) mass is 701 g/mol. The Labute approximate surface area is 300 Å². The molecule has 0 heterocycles. The van der Waals surface area contributed by atoms with Crippen LogP contribution in [0.4, 0.5) is 4.79 Å². The zero-order valence-corrected chi connectivity index (χ0v) is 30.6. The molecule has 1 aliphatic carbocycles. The minimum absolute atomic E-state index is 0.0203. The number of alkyl carbamates (subject to hydrolysis) is 1. The minimum atomic E-state index is -1.24. The second kappa shape index (κ2) is 16.3. The van der Waals surface area contributed by atoms with Gasteiger partial charge in [0.15, 0.2) is 0 Å². The summed E-state index contributed by atoms with van der Waals surface area (Å²) < 4.78 is 11.3. The van der Waals surface area contributed by atoms with Crippen LogP contribution in [0.15, 0.2) is 72.8 Å². The predicted octanol–water partition coefficient (Wildman–Crippen LogP) is 6.03. The number of ether oxygens (including phenoxy) is 2. The molecule has 0 radical (unpaired) electrons. The van der Waals surface area contributed by atoms with Gasteiger partial charge in [-0.15, -0.1) is 0 Å². The van der Waals surface area contributed by atoms with Gasteiger partial charge in [0.1, 0.15) is 40.8 Å². The zero-order valence-electron chi connectivity index (χ0n) is 30.6. The van der Waals surface area contributed by atoms with Gasteiger partial charge in [-0.3, -0.25) is 9.59 Å². The summed E-state index contributed by atoms with van der Waals surface area (Å²) in [6.45, 7) is 12.1. The molecular formula is C40H51N3O8. The lowest BCUT2D eigenvalue weighted by Crippen LogP contribution is -2.59. The first-order valence-corrected chi connectivity index (χ1v) is 17.4. The number of benzene rings is 3. The maximum atomic E-state index is 14.9. The number of phenols is 2. The largest absolute Gasteiger partial charge is 0.508 e. The molecule has 1 fully saturated rings. The fraction of sp³-hybridized carbons (Fsp3) is 0.450. The Balaban J connectivity index is 1.79. The number of hydrogen-bond donors (Lipinski definition) is 4. The number of hydrogen-bond acceptors (Lipinski definition) is 8. The Kier molecular flexibility index (Phi) is 12.4. The van der Waals surface area contributed by atoms with Crippen molar-refractivity contribution in [1.82, 2.24) is 15.5 Å². The van der Waals surface area contributed by atoms with E-state index in [1.807, 2.05) is 30.3 Å². The van der Waals surface area contributed by atoms with E-state index in [4.69, 9.17) is 9.47 Å². The van der Waals surface area contributed by atoms with Crippen LogP contribution in [-0.4, -0.2) is 68.3 Å². The SMILES string of the molecule is Cc1cc(C(C(=O)NC(Cc2ccccc2)C(=O)OC(C)(C)C)N(C(=O)C(Cc2ccc(O)cc2)NC(=O)OC(C)(C)C)C2CCC2)ccc1O. The third-order valence-corrected chi connectivity index (χ3v) is 8.44. The van der Waals surface area contributed by atoms with Gasteiger partial charge in [-0.2, -0.15) is 0 Å². The summed E-state index contributed by atoms with van der Waals surface area (Å²) in [5.41, 5.74) is 0.703. The number of amides is 3. The number of nitrogens with zero attached hydrogens (tertiary/aromatic N) is 1. The lowest BCUT2D eigenvalue weighted by atomic mass is 9.87. The number of phenolic OH excluding ortho intramolecular Hbond substituents is 2. The molecule has 0 spiro atoms. The highest BCUT2D eigenvalue weighted by atomic mass is 16.6. The fourth-order valence-electron chi connectivity index (χ4n) is 5.83. The molecule has 3 atom stereocenters. The number of esters is 1. The molecule has 4 rings (SSSR count). The van der Waals surface area contributed by atoms with E-state index in [-0.39, 0.29) is 30.4 Å². The van der Waals surface area contributed by atoms with Gasteiger partial charge in [0, 0.05) is 18.9 Å². The van der Waals surface area contributed by atoms with E-state index in [0.29, 0.717) is 29.5 Å². The van der Waals surface area contributed by atoms with Gasteiger partial charge in [0.2, 0.25) is 11.8 Å². The summed E-state index contributed by atoms with van der Waals surface area (Å²) in [5, 5.41) is 26.0. The van der Waals surface area contributed by atoms with Crippen molar-refractivity contribution in [2.45, 2.75) is 116 Å². The molecule has 0 saturated heterocycles. The second-order valence-electron chi connectivity index (χ2n) is 15.1. The van der Waals surface area contributed by atoms with Gasteiger partial charge in [-0.25, -0.2) is 9.59 Å². The number of carbonyl (C=O) groups excluding carboxylic acids is 4. The maximum absolute atomic E-state index is 14.9. The number of nitrogens with one attached hydrogen (secondary N) is 2. The van der Waals surface area contributed by atoms with Crippen LogP contribution in [0.1, 0.15) is 89.1 Å². The van der Waals surface area contributed by atoms with Crippen LogP contribution in [0.3, 0.4) is 0 Å². The van der Waals surface area contributed by atoms with Gasteiger partial charge in [-0.05, 0) is 114 Å². The summed E-state index contributed by atoms with van der Waals surface area (Å²) in [4.78, 5) is 57.9. The molecule has 3 aromatic rings. The number of aromatic hydroxyl groups is 2. The van der Waals surface area contributed by atoms with Crippen molar-refractivity contribution in [2.75, 3.05) is 0 Å². The van der Waals surface area contributed by atoms with Crippen molar-refractivity contribution in [3.05, 3.63) is 95.1 Å². The van der Waals surface area contributed by atoms with Crippen molar-refractivity contribution in [3.8, 4) is 11.5 Å². The van der Waals surface area contributed by atoms with Gasteiger partial charge >= 0.3 is 12.1 Å². The van der Waals surface area contributed by atoms with Crippen molar-refractivity contribution in [3.63, 3.8) is 0 Å². The first-order valence-electron chi connectivity index (χ1n) is 17.4. The molecule has 4 N–H and O–H groups in total. The smallest absolute Gasteiger partial charge is 0.408 e. The first-order chi connectivity index (χ1) is 23.9. The van der Waals surface area contributed by atoms with Crippen molar-refractivity contribution in [1.29, 1.82) is 0 Å². The molecule has 3 unspecified atom stereocenters. The number of rotatable bonds is 12. The molecular weight excluding hydrogens is 650 g/mol. The lowest BCUT2D eigenvalue weighted by Gasteiger charge is -2.44. The van der Waals surface area contributed by atoms with Crippen LogP contribution < -0.4 is 10.6 Å². The van der Waals surface area contributed by atoms with Crippen LogP contribution in [-0.2, 0) is 36.7 Å². The lowest BCUT2D eigenvalue weighted by molar-refractivity contribution is -0.159. The number of carbonyl (C=O) groups is 4. The number of aryl methyl sites for hydroxylation is 1. The Morgan fingerprint density at radius 2 is 1.37 bits per heavy atom. The summed E-state index contributed by atoms with van der Waals surface area (Å²) in [6, 6.07) is 16.4. The molecule has 0 bridgehead atoms. The van der Waals surface area contributed by atoms with Crippen LogP contribution in [0.2, 0.25) is 0 Å². The predicted molar refractivity (Wildman–Crippen MR) is 193 cm³/mol. The van der Waals surface area contributed by atoms with Crippen LogP contribution >= 0.6 is 0 Å². The Hall–Kier alpha value is -5.06. The Morgan fingerprint density at radius 3 is 1.92 bits per heavy atom. The molecule has 3 aromatic carbocycles. The highest BCUT2D eigenvalue weighted by Gasteiger charge is 2.43. The molecule has 51 heavy (non-hydrogen) atoms. The standard InChI is InChI=1S/C40H51N3O8/c1-25-22-28(18-21-33(25)45)34(35(46)41-32(37(48)50-39(2,3)4)24-26-12-9-8-10-13-26)43(29-14-11-15-29)36(47)31(42-38(49)51-40(5,6)7)23-27-16-19-30(44)20-17-27/h8-10,12-13,16-22,29,31-32,34,44-45H,11,14-15,23-24H2,1-7H3,(H,41,46)(H,42,49). The quantitative estimate of drug-likeness (QED) is 0.167. The molecule has 11 heteroatoms. The third-order valence-electron chi connectivity index (χ3n) is 8.44. The van der Waals surface area contributed by atoms with E-state index < -0.39 is 53.2 Å². The second-order valence-corrected chi connectivity index (χ2v) is 15.1. The topological polar surface area (TPSA) is 154 Å². The Bertz CT molecular complexity index is 1670. The average Bonchev–Trinajstić information content (AvgIpc) is 3.00. The van der Waals surface area contributed by atoms with E-state index in [9.17, 15) is 29.4 Å². The van der Waals surface area contributed by atoms with Crippen LogP contribution in [0.25, 0.3) is 0 Å². The highest BCUT2D eigenvalue weighted by Crippen LogP contribution is 2.35. The van der Waals surface area contributed by atoms with E-state index in [2.05, 4.69) is 10.6 Å². The highest BCUT2D eigenvalue weighted by molar-refractivity contribution is 5.94.